The molecule has 0 saturated carbocycles. The minimum absolute atomic E-state index is 1.06. The van der Waals surface area contributed by atoms with E-state index < -0.39 is 0 Å². The summed E-state index contributed by atoms with van der Waals surface area (Å²) in [6.45, 7) is 12.4. The molecule has 0 amide bonds. The van der Waals surface area contributed by atoms with Gasteiger partial charge in [-0.15, -0.1) is 0 Å². The van der Waals surface area contributed by atoms with Gasteiger partial charge in [-0.1, -0.05) is 57.9 Å². The van der Waals surface area contributed by atoms with Crippen LogP contribution >= 0.6 is 0 Å². The molecule has 0 spiro atoms. The first kappa shape index (κ1) is 18.2. The Morgan fingerprint density at radius 2 is 1.43 bits per heavy atom. The van der Waals surface area contributed by atoms with Gasteiger partial charge in [-0.25, -0.2) is 0 Å². The third-order valence-corrected chi connectivity index (χ3v) is 3.93. The van der Waals surface area contributed by atoms with Crippen LogP contribution < -0.4 is 5.32 Å². The smallest absolute Gasteiger partial charge is 0.0233 e. The van der Waals surface area contributed by atoms with Gasteiger partial charge < -0.3 is 5.32 Å². The fourth-order valence-electron chi connectivity index (χ4n) is 2.51. The highest BCUT2D eigenvalue weighted by atomic mass is 15.1. The minimum atomic E-state index is 1.06. The summed E-state index contributed by atoms with van der Waals surface area (Å²) in [6, 6.07) is 9.22. The van der Waals surface area contributed by atoms with Crippen molar-refractivity contribution in [1.29, 1.82) is 0 Å². The lowest BCUT2D eigenvalue weighted by Crippen LogP contribution is -2.25. The number of likely N-dealkylation sites (N-methyl/N-ethyl adjacent to an activating group) is 1. The first-order valence-corrected chi connectivity index (χ1v) is 8.81. The fourth-order valence-corrected chi connectivity index (χ4v) is 2.51. The van der Waals surface area contributed by atoms with Gasteiger partial charge in [0, 0.05) is 6.54 Å². The fraction of sp³-hybridized carbons (Fsp3) is 0.684. The van der Waals surface area contributed by atoms with Crippen molar-refractivity contribution in [3.05, 3.63) is 35.4 Å². The van der Waals surface area contributed by atoms with Crippen LogP contribution in [0.3, 0.4) is 0 Å². The highest BCUT2D eigenvalue weighted by molar-refractivity contribution is 5.22. The molecule has 0 saturated heterocycles. The predicted octanol–water partition coefficient (Wildman–Crippen LogP) is 4.24. The van der Waals surface area contributed by atoms with Crippen LogP contribution in [0.5, 0.6) is 0 Å². The summed E-state index contributed by atoms with van der Waals surface area (Å²) in [5, 5.41) is 3.38. The Morgan fingerprint density at radius 1 is 0.857 bits per heavy atom. The summed E-state index contributed by atoms with van der Waals surface area (Å²) in [6.07, 6.45) is 6.32. The summed E-state index contributed by atoms with van der Waals surface area (Å²) in [5.41, 5.74) is 2.89. The minimum Gasteiger partial charge on any atom is -0.317 e. The molecule has 0 fully saturated rings. The standard InChI is InChI=1S/C19H34N2/c1-4-7-15-21(16-8-5-2)17-19-11-9-18(10-12-19)13-14-20-6-3/h9-12,20H,4-8,13-17H2,1-3H3. The molecule has 0 aliphatic rings. The molecule has 0 aliphatic heterocycles. The van der Waals surface area contributed by atoms with Gasteiger partial charge in [-0.2, -0.15) is 0 Å². The van der Waals surface area contributed by atoms with E-state index in [1.165, 1.54) is 49.9 Å². The molecule has 1 aromatic rings. The van der Waals surface area contributed by atoms with Crippen molar-refractivity contribution in [2.45, 2.75) is 59.4 Å². The van der Waals surface area contributed by atoms with Crippen molar-refractivity contribution in [1.82, 2.24) is 10.2 Å². The third kappa shape index (κ3) is 8.23. The van der Waals surface area contributed by atoms with Crippen LogP contribution in [0.1, 0.15) is 57.6 Å². The number of hydrogen-bond acceptors (Lipinski definition) is 2. The third-order valence-electron chi connectivity index (χ3n) is 3.93. The number of hydrogen-bond donors (Lipinski definition) is 1. The van der Waals surface area contributed by atoms with E-state index in [1.54, 1.807) is 0 Å². The van der Waals surface area contributed by atoms with Crippen LogP contribution in [0.25, 0.3) is 0 Å². The molecule has 0 bridgehead atoms. The lowest BCUT2D eigenvalue weighted by molar-refractivity contribution is 0.257. The lowest BCUT2D eigenvalue weighted by Gasteiger charge is -2.22. The molecule has 2 heteroatoms. The van der Waals surface area contributed by atoms with E-state index in [2.05, 4.69) is 55.3 Å². The van der Waals surface area contributed by atoms with Crippen LogP contribution in [0.15, 0.2) is 24.3 Å². The second-order valence-corrected chi connectivity index (χ2v) is 5.90. The zero-order valence-electron chi connectivity index (χ0n) is 14.3. The molecule has 0 aliphatic carbocycles. The van der Waals surface area contributed by atoms with Gasteiger partial charge >= 0.3 is 0 Å². The summed E-state index contributed by atoms with van der Waals surface area (Å²) < 4.78 is 0. The number of benzene rings is 1. The normalized spacial score (nSPS) is 11.2. The van der Waals surface area contributed by atoms with Gasteiger partial charge in [-0.3, -0.25) is 4.90 Å². The van der Waals surface area contributed by atoms with E-state index in [9.17, 15) is 0 Å². The average molecular weight is 290 g/mol. The lowest BCUT2D eigenvalue weighted by atomic mass is 10.1. The van der Waals surface area contributed by atoms with E-state index in [0.29, 0.717) is 0 Å². The molecule has 0 aromatic heterocycles. The summed E-state index contributed by atoms with van der Waals surface area (Å²) in [5.74, 6) is 0. The van der Waals surface area contributed by atoms with Crippen molar-refractivity contribution < 1.29 is 0 Å². The zero-order valence-corrected chi connectivity index (χ0v) is 14.3. The summed E-state index contributed by atoms with van der Waals surface area (Å²) >= 11 is 0. The maximum absolute atomic E-state index is 3.38. The monoisotopic (exact) mass is 290 g/mol. The highest BCUT2D eigenvalue weighted by Crippen LogP contribution is 2.10. The Labute approximate surface area is 131 Å². The van der Waals surface area contributed by atoms with Crippen LogP contribution in [-0.2, 0) is 13.0 Å². The topological polar surface area (TPSA) is 15.3 Å². The Bertz CT molecular complexity index is 337. The van der Waals surface area contributed by atoms with Crippen molar-refractivity contribution >= 4 is 0 Å². The Morgan fingerprint density at radius 3 is 1.95 bits per heavy atom. The second kappa shape index (κ2) is 11.8. The van der Waals surface area contributed by atoms with Gasteiger partial charge in [0.25, 0.3) is 0 Å². The molecule has 1 rings (SSSR count). The van der Waals surface area contributed by atoms with Gasteiger partial charge in [0.2, 0.25) is 0 Å². The first-order chi connectivity index (χ1) is 10.3. The maximum Gasteiger partial charge on any atom is 0.0233 e. The number of nitrogens with zero attached hydrogens (tertiary/aromatic N) is 1. The Balaban J connectivity index is 2.45. The average Bonchev–Trinajstić information content (AvgIpc) is 2.52. The van der Waals surface area contributed by atoms with E-state index in [1.807, 2.05) is 0 Å². The van der Waals surface area contributed by atoms with Gasteiger partial charge in [0.1, 0.15) is 0 Å². The van der Waals surface area contributed by atoms with Crippen molar-refractivity contribution in [3.63, 3.8) is 0 Å². The zero-order chi connectivity index (χ0) is 15.3. The van der Waals surface area contributed by atoms with E-state index >= 15 is 0 Å². The van der Waals surface area contributed by atoms with Crippen molar-refractivity contribution in [2.75, 3.05) is 26.2 Å². The molecule has 0 atom stereocenters. The SMILES string of the molecule is CCCCN(CCCC)Cc1ccc(CCNCC)cc1. The molecular weight excluding hydrogens is 256 g/mol. The molecule has 120 valence electrons. The van der Waals surface area contributed by atoms with Crippen LogP contribution in [0.4, 0.5) is 0 Å². The molecule has 21 heavy (non-hydrogen) atoms. The van der Waals surface area contributed by atoms with Gasteiger partial charge in [0.05, 0.1) is 0 Å². The second-order valence-electron chi connectivity index (χ2n) is 5.90. The van der Waals surface area contributed by atoms with Gasteiger partial charge in [-0.05, 0) is 56.6 Å². The molecule has 2 nitrogen and oxygen atoms in total. The largest absolute Gasteiger partial charge is 0.317 e. The molecule has 0 radical (unpaired) electrons. The van der Waals surface area contributed by atoms with Crippen LogP contribution in [-0.4, -0.2) is 31.1 Å². The van der Waals surface area contributed by atoms with E-state index in [4.69, 9.17) is 0 Å². The first-order valence-electron chi connectivity index (χ1n) is 8.81. The summed E-state index contributed by atoms with van der Waals surface area (Å²) in [7, 11) is 0. The highest BCUT2D eigenvalue weighted by Gasteiger charge is 2.05. The van der Waals surface area contributed by atoms with Gasteiger partial charge in [0.15, 0.2) is 0 Å². The number of nitrogens with one attached hydrogen (secondary N) is 1. The number of rotatable bonds is 12. The molecule has 0 heterocycles. The molecular formula is C19H34N2. The van der Waals surface area contributed by atoms with E-state index in [0.717, 1.165) is 26.1 Å². The maximum atomic E-state index is 3.38. The number of unbranched alkanes of at least 4 members (excludes halogenated alkanes) is 2. The molecule has 0 unspecified atom stereocenters. The predicted molar refractivity (Wildman–Crippen MR) is 93.8 cm³/mol. The van der Waals surface area contributed by atoms with Crippen molar-refractivity contribution in [3.8, 4) is 0 Å². The summed E-state index contributed by atoms with van der Waals surface area (Å²) in [4.78, 5) is 2.61. The molecule has 1 aromatic carbocycles. The van der Waals surface area contributed by atoms with Crippen LogP contribution in [0, 0.1) is 0 Å². The molecule has 1 N–H and O–H groups in total. The van der Waals surface area contributed by atoms with Crippen LogP contribution in [0.2, 0.25) is 0 Å². The Hall–Kier alpha value is -0.860. The van der Waals surface area contributed by atoms with Crippen molar-refractivity contribution in [2.24, 2.45) is 0 Å². The quantitative estimate of drug-likeness (QED) is 0.579. The Kier molecular flexibility index (Phi) is 10.2. The van der Waals surface area contributed by atoms with E-state index in [-0.39, 0.29) is 0 Å².